The maximum Gasteiger partial charge on any atom is 0.234 e. The molecule has 1 aromatic carbocycles. The first-order valence-electron chi connectivity index (χ1n) is 5.93. The summed E-state index contributed by atoms with van der Waals surface area (Å²) in [4.78, 5) is 13.8. The molecule has 0 bridgehead atoms. The van der Waals surface area contributed by atoms with Gasteiger partial charge in [0.2, 0.25) is 5.91 Å². The zero-order valence-electron chi connectivity index (χ0n) is 10.1. The third-order valence-electron chi connectivity index (χ3n) is 3.03. The Labute approximate surface area is 120 Å². The summed E-state index contributed by atoms with van der Waals surface area (Å²) in [6, 6.07) is 11.4. The number of furan rings is 1. The first-order chi connectivity index (χ1) is 9.24. The second-order valence-corrected chi connectivity index (χ2v) is 5.82. The Morgan fingerprint density at radius 1 is 1.32 bits per heavy atom. The van der Waals surface area contributed by atoms with E-state index in [1.807, 2.05) is 41.3 Å². The molecule has 1 aliphatic heterocycles. The van der Waals surface area contributed by atoms with E-state index < -0.39 is 0 Å². The molecule has 0 radical (unpaired) electrons. The molecule has 2 aromatic rings. The Kier molecular flexibility index (Phi) is 3.53. The van der Waals surface area contributed by atoms with E-state index in [1.54, 1.807) is 18.0 Å². The monoisotopic (exact) mass is 293 g/mol. The standard InChI is InChI=1S/C14H12ClNO2S/c15-11-5-3-10(4-6-11)14-16(13(17)9-19-14)8-12-2-1-7-18-12/h1-7,14H,8-9H2/t14-/m1/s1. The molecule has 0 N–H and O–H groups in total. The van der Waals surface area contributed by atoms with E-state index in [1.165, 1.54) is 0 Å². The minimum atomic E-state index is 0.0369. The molecular weight excluding hydrogens is 282 g/mol. The van der Waals surface area contributed by atoms with Crippen LogP contribution in [-0.2, 0) is 11.3 Å². The molecule has 1 aromatic heterocycles. The third kappa shape index (κ3) is 2.65. The van der Waals surface area contributed by atoms with Gasteiger partial charge >= 0.3 is 0 Å². The molecule has 5 heteroatoms. The number of halogens is 1. The predicted octanol–water partition coefficient (Wildman–Crippen LogP) is 3.71. The summed E-state index contributed by atoms with van der Waals surface area (Å²) in [6.45, 7) is 0.506. The van der Waals surface area contributed by atoms with Crippen molar-refractivity contribution < 1.29 is 9.21 Å². The lowest BCUT2D eigenvalue weighted by molar-refractivity contribution is -0.128. The number of thioether (sulfide) groups is 1. The second-order valence-electron chi connectivity index (χ2n) is 4.32. The maximum absolute atomic E-state index is 12.0. The molecule has 3 rings (SSSR count). The van der Waals surface area contributed by atoms with Gasteiger partial charge in [0.25, 0.3) is 0 Å². The number of hydrogen-bond acceptors (Lipinski definition) is 3. The minimum Gasteiger partial charge on any atom is -0.467 e. The summed E-state index contributed by atoms with van der Waals surface area (Å²) >= 11 is 7.53. The van der Waals surface area contributed by atoms with Crippen molar-refractivity contribution in [2.24, 2.45) is 0 Å². The topological polar surface area (TPSA) is 33.5 Å². The van der Waals surface area contributed by atoms with Gasteiger partial charge in [-0.15, -0.1) is 11.8 Å². The minimum absolute atomic E-state index is 0.0369. The lowest BCUT2D eigenvalue weighted by Crippen LogP contribution is -2.27. The highest BCUT2D eigenvalue weighted by Gasteiger charge is 2.33. The maximum atomic E-state index is 12.0. The normalized spacial score (nSPS) is 19.1. The smallest absolute Gasteiger partial charge is 0.234 e. The van der Waals surface area contributed by atoms with Gasteiger partial charge in [0.1, 0.15) is 11.1 Å². The highest BCUT2D eigenvalue weighted by Crippen LogP contribution is 2.39. The molecule has 0 saturated carbocycles. The summed E-state index contributed by atoms with van der Waals surface area (Å²) in [5.74, 6) is 1.45. The zero-order chi connectivity index (χ0) is 13.2. The van der Waals surface area contributed by atoms with Crippen LogP contribution in [0.25, 0.3) is 0 Å². The van der Waals surface area contributed by atoms with Crippen molar-refractivity contribution in [2.75, 3.05) is 5.75 Å². The zero-order valence-corrected chi connectivity index (χ0v) is 11.7. The van der Waals surface area contributed by atoms with Crippen LogP contribution in [0.15, 0.2) is 47.1 Å². The van der Waals surface area contributed by atoms with Crippen LogP contribution in [0.5, 0.6) is 0 Å². The summed E-state index contributed by atoms with van der Waals surface area (Å²) < 4.78 is 5.32. The summed E-state index contributed by atoms with van der Waals surface area (Å²) in [7, 11) is 0. The quantitative estimate of drug-likeness (QED) is 0.865. The van der Waals surface area contributed by atoms with E-state index in [4.69, 9.17) is 16.0 Å². The molecule has 2 heterocycles. The van der Waals surface area contributed by atoms with Crippen LogP contribution in [0.1, 0.15) is 16.7 Å². The third-order valence-corrected chi connectivity index (χ3v) is 4.54. The fraction of sp³-hybridized carbons (Fsp3) is 0.214. The lowest BCUT2D eigenvalue weighted by atomic mass is 10.2. The van der Waals surface area contributed by atoms with Gasteiger partial charge in [-0.25, -0.2) is 0 Å². The number of hydrogen-bond donors (Lipinski definition) is 0. The van der Waals surface area contributed by atoms with Crippen LogP contribution in [0.4, 0.5) is 0 Å². The molecule has 0 spiro atoms. The van der Waals surface area contributed by atoms with Gasteiger partial charge in [0.15, 0.2) is 0 Å². The fourth-order valence-electron chi connectivity index (χ4n) is 2.10. The number of benzene rings is 1. The average molecular weight is 294 g/mol. The molecular formula is C14H12ClNO2S. The highest BCUT2D eigenvalue weighted by molar-refractivity contribution is 8.00. The van der Waals surface area contributed by atoms with Crippen LogP contribution >= 0.6 is 23.4 Å². The van der Waals surface area contributed by atoms with Crippen LogP contribution in [0, 0.1) is 0 Å². The van der Waals surface area contributed by atoms with Gasteiger partial charge < -0.3 is 9.32 Å². The van der Waals surface area contributed by atoms with E-state index in [0.717, 1.165) is 11.3 Å². The largest absolute Gasteiger partial charge is 0.467 e. The molecule has 1 atom stereocenters. The summed E-state index contributed by atoms with van der Waals surface area (Å²) in [6.07, 6.45) is 1.63. The molecule has 1 amide bonds. The van der Waals surface area contributed by atoms with Crippen molar-refractivity contribution in [1.82, 2.24) is 4.90 Å². The molecule has 0 unspecified atom stereocenters. The number of nitrogens with zero attached hydrogens (tertiary/aromatic N) is 1. The Hall–Kier alpha value is -1.39. The van der Waals surface area contributed by atoms with Crippen LogP contribution in [-0.4, -0.2) is 16.6 Å². The first kappa shape index (κ1) is 12.6. The SMILES string of the molecule is O=C1CS[C@H](c2ccc(Cl)cc2)N1Cc1ccco1. The molecule has 3 nitrogen and oxygen atoms in total. The number of rotatable bonds is 3. The van der Waals surface area contributed by atoms with E-state index in [0.29, 0.717) is 17.3 Å². The van der Waals surface area contributed by atoms with Crippen molar-refractivity contribution in [1.29, 1.82) is 0 Å². The van der Waals surface area contributed by atoms with Gasteiger partial charge in [0.05, 0.1) is 18.6 Å². The number of amides is 1. The van der Waals surface area contributed by atoms with Gasteiger partial charge in [-0.1, -0.05) is 23.7 Å². The van der Waals surface area contributed by atoms with Crippen LogP contribution in [0.3, 0.4) is 0 Å². The van der Waals surface area contributed by atoms with E-state index in [9.17, 15) is 4.79 Å². The van der Waals surface area contributed by atoms with Gasteiger partial charge in [-0.2, -0.15) is 0 Å². The van der Waals surface area contributed by atoms with Crippen molar-refractivity contribution in [3.8, 4) is 0 Å². The summed E-state index contributed by atoms with van der Waals surface area (Å²) in [5.41, 5.74) is 1.09. The molecule has 1 saturated heterocycles. The van der Waals surface area contributed by atoms with Crippen LogP contribution in [0.2, 0.25) is 5.02 Å². The fourth-order valence-corrected chi connectivity index (χ4v) is 3.41. The van der Waals surface area contributed by atoms with E-state index in [2.05, 4.69) is 0 Å². The van der Waals surface area contributed by atoms with Crippen molar-refractivity contribution >= 4 is 29.3 Å². The Balaban J connectivity index is 1.83. The first-order valence-corrected chi connectivity index (χ1v) is 7.35. The predicted molar refractivity (Wildman–Crippen MR) is 75.9 cm³/mol. The van der Waals surface area contributed by atoms with Crippen molar-refractivity contribution in [3.63, 3.8) is 0 Å². The molecule has 98 valence electrons. The highest BCUT2D eigenvalue weighted by atomic mass is 35.5. The Bertz CT molecular complexity index is 568. The molecule has 1 aliphatic rings. The van der Waals surface area contributed by atoms with Crippen LogP contribution < -0.4 is 0 Å². The van der Waals surface area contributed by atoms with Gasteiger partial charge in [-0.05, 0) is 29.8 Å². The second kappa shape index (κ2) is 5.31. The van der Waals surface area contributed by atoms with Gasteiger partial charge in [-0.3, -0.25) is 4.79 Å². The Morgan fingerprint density at radius 2 is 2.11 bits per heavy atom. The van der Waals surface area contributed by atoms with E-state index in [-0.39, 0.29) is 11.3 Å². The molecule has 0 aliphatic carbocycles. The lowest BCUT2D eigenvalue weighted by Gasteiger charge is -2.23. The average Bonchev–Trinajstić information content (AvgIpc) is 3.03. The van der Waals surface area contributed by atoms with E-state index >= 15 is 0 Å². The molecule has 19 heavy (non-hydrogen) atoms. The number of carbonyl (C=O) groups excluding carboxylic acids is 1. The molecule has 1 fully saturated rings. The van der Waals surface area contributed by atoms with Gasteiger partial charge in [0, 0.05) is 5.02 Å². The Morgan fingerprint density at radius 3 is 2.79 bits per heavy atom. The van der Waals surface area contributed by atoms with Crippen molar-refractivity contribution in [3.05, 3.63) is 59.0 Å². The summed E-state index contributed by atoms with van der Waals surface area (Å²) in [5, 5.41) is 0.741. The number of carbonyl (C=O) groups is 1. The van der Waals surface area contributed by atoms with Crippen molar-refractivity contribution in [2.45, 2.75) is 11.9 Å².